The van der Waals surface area contributed by atoms with Crippen LogP contribution in [-0.4, -0.2) is 42.9 Å². The highest BCUT2D eigenvalue weighted by Crippen LogP contribution is 2.54. The summed E-state index contributed by atoms with van der Waals surface area (Å²) in [6.07, 6.45) is 3.22. The third kappa shape index (κ3) is 4.80. The van der Waals surface area contributed by atoms with Crippen LogP contribution in [0.1, 0.15) is 32.3 Å². The summed E-state index contributed by atoms with van der Waals surface area (Å²) < 4.78 is 14.9. The third-order valence-corrected chi connectivity index (χ3v) is 9.73. The van der Waals surface area contributed by atoms with Crippen LogP contribution >= 0.6 is 42.1 Å². The lowest BCUT2D eigenvalue weighted by atomic mass is 9.89. The molecule has 1 saturated carbocycles. The Hall–Kier alpha value is -0.310. The Balaban J connectivity index is 1.94. The zero-order valence-electron chi connectivity index (χ0n) is 16.3. The molecule has 1 aliphatic carbocycles. The van der Waals surface area contributed by atoms with Crippen molar-refractivity contribution in [3.05, 3.63) is 45.9 Å². The lowest BCUT2D eigenvalue weighted by Crippen LogP contribution is -2.47. The van der Waals surface area contributed by atoms with E-state index in [2.05, 4.69) is 5.10 Å². The molecule has 11 heteroatoms. The van der Waals surface area contributed by atoms with Gasteiger partial charge in [0.25, 0.3) is 6.64 Å². The number of halogens is 2. The molecule has 1 heterocycles. The number of benzene rings is 1. The fourth-order valence-electron chi connectivity index (χ4n) is 3.23. The maximum atomic E-state index is 11.6. The molecule has 0 amide bonds. The molecule has 0 saturated heterocycles. The monoisotopic (exact) mass is 495 g/mol. The SMILES string of the molecule is CCOP(=S)(OCC)n1cnn(CC(O)(Cc2ccccc2Cl)C2(Cl)CC2)c1=S. The number of hydrogen-bond donors (Lipinski definition) is 1. The van der Waals surface area contributed by atoms with Gasteiger partial charge in [-0.3, -0.25) is 0 Å². The van der Waals surface area contributed by atoms with Crippen molar-refractivity contribution in [1.29, 1.82) is 0 Å². The van der Waals surface area contributed by atoms with E-state index in [0.717, 1.165) is 5.56 Å². The topological polar surface area (TPSA) is 61.4 Å². The van der Waals surface area contributed by atoms with Crippen LogP contribution in [0.25, 0.3) is 0 Å². The minimum Gasteiger partial charge on any atom is -0.386 e. The van der Waals surface area contributed by atoms with Crippen LogP contribution in [0.15, 0.2) is 30.6 Å². The molecule has 0 radical (unpaired) electrons. The van der Waals surface area contributed by atoms with Crippen LogP contribution in [-0.2, 0) is 33.8 Å². The van der Waals surface area contributed by atoms with E-state index in [4.69, 9.17) is 56.3 Å². The molecule has 0 spiro atoms. The van der Waals surface area contributed by atoms with Gasteiger partial charge in [-0.25, -0.2) is 9.02 Å². The van der Waals surface area contributed by atoms with Crippen molar-refractivity contribution in [2.45, 2.75) is 50.1 Å². The minimum absolute atomic E-state index is 0.112. The first-order chi connectivity index (χ1) is 13.7. The number of aromatic nitrogens is 3. The molecular weight excluding hydrogens is 472 g/mol. The van der Waals surface area contributed by atoms with E-state index < -0.39 is 17.1 Å². The average Bonchev–Trinajstić information content (AvgIpc) is 3.32. The Morgan fingerprint density at radius 1 is 1.28 bits per heavy atom. The van der Waals surface area contributed by atoms with Gasteiger partial charge in [-0.1, -0.05) is 29.8 Å². The molecule has 3 rings (SSSR count). The van der Waals surface area contributed by atoms with Gasteiger partial charge in [-0.2, -0.15) is 5.10 Å². The lowest BCUT2D eigenvalue weighted by Gasteiger charge is -2.33. The van der Waals surface area contributed by atoms with Crippen LogP contribution in [0.3, 0.4) is 0 Å². The summed E-state index contributed by atoms with van der Waals surface area (Å²) in [7, 11) is 0. The van der Waals surface area contributed by atoms with Gasteiger partial charge in [0.1, 0.15) is 11.9 Å². The van der Waals surface area contributed by atoms with Gasteiger partial charge in [0.05, 0.1) is 24.6 Å². The second-order valence-electron chi connectivity index (χ2n) is 6.98. The van der Waals surface area contributed by atoms with Gasteiger partial charge >= 0.3 is 0 Å². The standard InChI is InChI=1S/C18H24Cl2N3O3PS2/c1-3-25-27(29,26-4-2)23-13-21-22(16(23)28)12-18(24,17(20)9-10-17)11-14-7-5-6-8-15(14)19/h5-8,13,24H,3-4,9-12H2,1-2H3. The van der Waals surface area contributed by atoms with Crippen molar-refractivity contribution in [3.8, 4) is 0 Å². The van der Waals surface area contributed by atoms with E-state index >= 15 is 0 Å². The quantitative estimate of drug-likeness (QED) is 0.285. The number of rotatable bonds is 10. The summed E-state index contributed by atoms with van der Waals surface area (Å²) in [5.74, 6) is 0. The summed E-state index contributed by atoms with van der Waals surface area (Å²) in [6.45, 7) is 1.77. The molecule has 0 aliphatic heterocycles. The highest BCUT2D eigenvalue weighted by atomic mass is 35.5. The normalized spacial score (nSPS) is 17.8. The van der Waals surface area contributed by atoms with Crippen LogP contribution in [0.2, 0.25) is 5.02 Å². The summed E-state index contributed by atoms with van der Waals surface area (Å²) in [5.41, 5.74) is -0.459. The predicted octanol–water partition coefficient (Wildman–Crippen LogP) is 4.96. The van der Waals surface area contributed by atoms with Crippen LogP contribution in [0.4, 0.5) is 0 Å². The molecule has 1 aromatic heterocycles. The van der Waals surface area contributed by atoms with E-state index in [0.29, 0.717) is 35.8 Å². The molecule has 160 valence electrons. The van der Waals surface area contributed by atoms with Gasteiger partial charge in [0.2, 0.25) is 4.77 Å². The molecule has 1 aromatic carbocycles. The molecule has 1 unspecified atom stereocenters. The number of alkyl halides is 1. The van der Waals surface area contributed by atoms with Crippen LogP contribution in [0, 0.1) is 4.77 Å². The number of hydrogen-bond acceptors (Lipinski definition) is 6. The fraction of sp³-hybridized carbons (Fsp3) is 0.556. The predicted molar refractivity (Wildman–Crippen MR) is 122 cm³/mol. The number of nitrogens with zero attached hydrogens (tertiary/aromatic N) is 3. The molecule has 1 aliphatic rings. The molecule has 6 nitrogen and oxygen atoms in total. The zero-order valence-corrected chi connectivity index (χ0v) is 20.3. The van der Waals surface area contributed by atoms with Crippen molar-refractivity contribution in [3.63, 3.8) is 0 Å². The van der Waals surface area contributed by atoms with Gasteiger partial charge < -0.3 is 14.2 Å². The molecule has 1 atom stereocenters. The van der Waals surface area contributed by atoms with E-state index in [1.54, 1.807) is 10.4 Å². The Morgan fingerprint density at radius 2 is 1.90 bits per heavy atom. The first-order valence-corrected chi connectivity index (χ1v) is 13.1. The number of aliphatic hydroxyl groups is 1. The fourth-order valence-corrected chi connectivity index (χ4v) is 6.74. The molecule has 1 fully saturated rings. The molecule has 0 bridgehead atoms. The largest absolute Gasteiger partial charge is 0.386 e. The second-order valence-corrected chi connectivity index (χ2v) is 11.7. The Morgan fingerprint density at radius 3 is 2.45 bits per heavy atom. The van der Waals surface area contributed by atoms with Gasteiger partial charge in [-0.05, 0) is 62.3 Å². The summed E-state index contributed by atoms with van der Waals surface area (Å²) >= 11 is 24.2. The van der Waals surface area contributed by atoms with Gasteiger partial charge in [-0.15, -0.1) is 11.6 Å². The highest BCUT2D eigenvalue weighted by Gasteiger charge is 2.58. The lowest BCUT2D eigenvalue weighted by molar-refractivity contribution is 0.00722. The third-order valence-electron chi connectivity index (χ3n) is 4.94. The minimum atomic E-state index is -2.83. The Kier molecular flexibility index (Phi) is 7.29. The summed E-state index contributed by atoms with van der Waals surface area (Å²) in [6, 6.07) is 7.42. The van der Waals surface area contributed by atoms with Crippen LogP contribution < -0.4 is 0 Å². The molecule has 29 heavy (non-hydrogen) atoms. The van der Waals surface area contributed by atoms with E-state index in [1.807, 2.05) is 32.0 Å². The zero-order chi connectivity index (χ0) is 21.3. The van der Waals surface area contributed by atoms with Gasteiger partial charge in [0.15, 0.2) is 0 Å². The van der Waals surface area contributed by atoms with E-state index in [9.17, 15) is 5.11 Å². The first kappa shape index (κ1) is 23.4. The summed E-state index contributed by atoms with van der Waals surface area (Å²) in [5, 5.41) is 16.5. The average molecular weight is 496 g/mol. The maximum Gasteiger partial charge on any atom is 0.297 e. The smallest absolute Gasteiger partial charge is 0.297 e. The maximum absolute atomic E-state index is 11.6. The highest BCUT2D eigenvalue weighted by molar-refractivity contribution is 8.09. The molecule has 1 N–H and O–H groups in total. The van der Waals surface area contributed by atoms with Crippen molar-refractivity contribution in [2.24, 2.45) is 0 Å². The molecular formula is C18H24Cl2N3O3PS2. The van der Waals surface area contributed by atoms with Crippen molar-refractivity contribution in [1.82, 2.24) is 14.1 Å². The van der Waals surface area contributed by atoms with Crippen molar-refractivity contribution < 1.29 is 14.2 Å². The van der Waals surface area contributed by atoms with Gasteiger partial charge in [0, 0.05) is 11.4 Å². The second kappa shape index (κ2) is 9.05. The van der Waals surface area contributed by atoms with Crippen molar-refractivity contribution >= 4 is 53.9 Å². The van der Waals surface area contributed by atoms with E-state index in [1.165, 1.54) is 11.0 Å². The van der Waals surface area contributed by atoms with E-state index in [-0.39, 0.29) is 13.0 Å². The van der Waals surface area contributed by atoms with Crippen molar-refractivity contribution in [2.75, 3.05) is 13.2 Å². The molecule has 2 aromatic rings. The summed E-state index contributed by atoms with van der Waals surface area (Å²) in [4.78, 5) is -0.745. The first-order valence-electron chi connectivity index (χ1n) is 9.37. The Labute approximate surface area is 191 Å². The Bertz CT molecular complexity index is 969. The van der Waals surface area contributed by atoms with Crippen LogP contribution in [0.5, 0.6) is 0 Å².